The molecule has 4 nitrogen and oxygen atoms in total. The van der Waals surface area contributed by atoms with Crippen LogP contribution >= 0.6 is 15.9 Å². The monoisotopic (exact) mass is 313 g/mol. The Balaban J connectivity index is 2.63. The molecule has 0 bridgehead atoms. The highest BCUT2D eigenvalue weighted by molar-refractivity contribution is 9.10. The van der Waals surface area contributed by atoms with Gasteiger partial charge in [0.05, 0.1) is 7.11 Å². The van der Waals surface area contributed by atoms with E-state index in [-0.39, 0.29) is 12.5 Å². The molecule has 0 aromatic heterocycles. The zero-order chi connectivity index (χ0) is 13.7. The standard InChI is InChI=1S/C13H16BrNO3/c1-8-4-9(2)6-10(5-8)12(16)15-7-11(14)13(17)18-3/h4-6,11H,7H2,1-3H3,(H,15,16). The number of nitrogens with one attached hydrogen (secondary N) is 1. The molecule has 0 heterocycles. The average Bonchev–Trinajstić information content (AvgIpc) is 2.33. The predicted molar refractivity (Wildman–Crippen MR) is 73.0 cm³/mol. The molecular weight excluding hydrogens is 298 g/mol. The molecule has 1 aromatic rings. The number of benzene rings is 1. The molecule has 1 unspecified atom stereocenters. The van der Waals surface area contributed by atoms with E-state index in [0.29, 0.717) is 5.56 Å². The van der Waals surface area contributed by atoms with E-state index in [1.807, 2.05) is 32.0 Å². The number of hydrogen-bond donors (Lipinski definition) is 1. The summed E-state index contributed by atoms with van der Waals surface area (Å²) in [4.78, 5) is 22.5. The Hall–Kier alpha value is -1.36. The lowest BCUT2D eigenvalue weighted by Gasteiger charge is -2.10. The topological polar surface area (TPSA) is 55.4 Å². The maximum absolute atomic E-state index is 11.9. The summed E-state index contributed by atoms with van der Waals surface area (Å²) >= 11 is 3.14. The fourth-order valence-corrected chi connectivity index (χ4v) is 1.95. The van der Waals surface area contributed by atoms with Crippen LogP contribution in [0.3, 0.4) is 0 Å². The van der Waals surface area contributed by atoms with Crippen LogP contribution < -0.4 is 5.32 Å². The summed E-state index contributed by atoms with van der Waals surface area (Å²) in [5.74, 6) is -0.606. The maximum atomic E-state index is 11.9. The van der Waals surface area contributed by atoms with Gasteiger partial charge in [-0.2, -0.15) is 0 Å². The second kappa shape index (κ2) is 6.54. The van der Waals surface area contributed by atoms with E-state index in [1.54, 1.807) is 0 Å². The van der Waals surface area contributed by atoms with Crippen molar-refractivity contribution < 1.29 is 14.3 Å². The van der Waals surface area contributed by atoms with Crippen LogP contribution in [0.1, 0.15) is 21.5 Å². The highest BCUT2D eigenvalue weighted by Gasteiger charge is 2.16. The highest BCUT2D eigenvalue weighted by Crippen LogP contribution is 2.09. The number of alkyl halides is 1. The molecular formula is C13H16BrNO3. The minimum Gasteiger partial charge on any atom is -0.468 e. The Morgan fingerprint density at radius 3 is 2.33 bits per heavy atom. The summed E-state index contributed by atoms with van der Waals surface area (Å²) in [6, 6.07) is 5.62. The van der Waals surface area contributed by atoms with E-state index in [9.17, 15) is 9.59 Å². The van der Waals surface area contributed by atoms with Crippen molar-refractivity contribution in [2.24, 2.45) is 0 Å². The van der Waals surface area contributed by atoms with E-state index in [0.717, 1.165) is 11.1 Å². The predicted octanol–water partition coefficient (Wildman–Crippen LogP) is 1.97. The van der Waals surface area contributed by atoms with Gasteiger partial charge in [-0.1, -0.05) is 33.1 Å². The first-order chi connectivity index (χ1) is 8.43. The first-order valence-electron chi connectivity index (χ1n) is 5.52. The molecule has 18 heavy (non-hydrogen) atoms. The number of ether oxygens (including phenoxy) is 1. The SMILES string of the molecule is COC(=O)C(Br)CNC(=O)c1cc(C)cc(C)c1. The molecule has 0 spiro atoms. The van der Waals surface area contributed by atoms with Crippen molar-refractivity contribution in [2.75, 3.05) is 13.7 Å². The summed E-state index contributed by atoms with van der Waals surface area (Å²) in [6.45, 7) is 4.07. The number of halogens is 1. The summed E-state index contributed by atoms with van der Waals surface area (Å²) < 4.78 is 4.55. The van der Waals surface area contributed by atoms with E-state index in [1.165, 1.54) is 7.11 Å². The van der Waals surface area contributed by atoms with Gasteiger partial charge in [0.25, 0.3) is 5.91 Å². The van der Waals surface area contributed by atoms with Crippen LogP contribution in [-0.2, 0) is 9.53 Å². The lowest BCUT2D eigenvalue weighted by molar-refractivity contribution is -0.139. The average molecular weight is 314 g/mol. The van der Waals surface area contributed by atoms with Crippen molar-refractivity contribution in [1.29, 1.82) is 0 Å². The van der Waals surface area contributed by atoms with Crippen molar-refractivity contribution in [3.8, 4) is 0 Å². The van der Waals surface area contributed by atoms with Crippen LogP contribution in [0.25, 0.3) is 0 Å². The zero-order valence-corrected chi connectivity index (χ0v) is 12.2. The summed E-state index contributed by atoms with van der Waals surface area (Å²) in [7, 11) is 1.31. The lowest BCUT2D eigenvalue weighted by Crippen LogP contribution is -2.33. The lowest BCUT2D eigenvalue weighted by atomic mass is 10.1. The largest absolute Gasteiger partial charge is 0.468 e. The summed E-state index contributed by atoms with van der Waals surface area (Å²) in [5, 5.41) is 2.68. The Labute approximate surface area is 115 Å². The van der Waals surface area contributed by atoms with Gasteiger partial charge < -0.3 is 10.1 Å². The third-order valence-corrected chi connectivity index (χ3v) is 3.08. The maximum Gasteiger partial charge on any atom is 0.321 e. The molecule has 0 aliphatic heterocycles. The summed E-state index contributed by atoms with van der Waals surface area (Å²) in [5.41, 5.74) is 2.66. The quantitative estimate of drug-likeness (QED) is 0.683. The number of amides is 1. The van der Waals surface area contributed by atoms with Gasteiger partial charge in [-0.15, -0.1) is 0 Å². The van der Waals surface area contributed by atoms with Gasteiger partial charge in [-0.05, 0) is 26.0 Å². The molecule has 1 rings (SSSR count). The van der Waals surface area contributed by atoms with Gasteiger partial charge in [0.1, 0.15) is 4.83 Å². The highest BCUT2D eigenvalue weighted by atomic mass is 79.9. The van der Waals surface area contributed by atoms with Crippen molar-refractivity contribution >= 4 is 27.8 Å². The number of rotatable bonds is 4. The van der Waals surface area contributed by atoms with Crippen LogP contribution in [0.5, 0.6) is 0 Å². The van der Waals surface area contributed by atoms with Crippen molar-refractivity contribution in [3.05, 3.63) is 34.9 Å². The normalized spacial score (nSPS) is 11.8. The van der Waals surface area contributed by atoms with E-state index >= 15 is 0 Å². The molecule has 0 aliphatic carbocycles. The Kier molecular flexibility index (Phi) is 5.34. The van der Waals surface area contributed by atoms with E-state index < -0.39 is 10.8 Å². The third kappa shape index (κ3) is 4.14. The Morgan fingerprint density at radius 1 is 1.28 bits per heavy atom. The van der Waals surface area contributed by atoms with Crippen molar-refractivity contribution in [3.63, 3.8) is 0 Å². The number of esters is 1. The van der Waals surface area contributed by atoms with E-state index in [4.69, 9.17) is 0 Å². The van der Waals surface area contributed by atoms with Gasteiger partial charge in [-0.3, -0.25) is 9.59 Å². The van der Waals surface area contributed by atoms with Crippen LogP contribution in [0.15, 0.2) is 18.2 Å². The number of carbonyl (C=O) groups excluding carboxylic acids is 2. The van der Waals surface area contributed by atoms with Crippen LogP contribution in [-0.4, -0.2) is 30.4 Å². The molecule has 1 atom stereocenters. The Morgan fingerprint density at radius 2 is 1.83 bits per heavy atom. The van der Waals surface area contributed by atoms with Gasteiger partial charge in [0.2, 0.25) is 0 Å². The molecule has 0 saturated heterocycles. The molecule has 0 fully saturated rings. The number of carbonyl (C=O) groups is 2. The van der Waals surface area contributed by atoms with Crippen LogP contribution in [0.2, 0.25) is 0 Å². The number of aryl methyl sites for hydroxylation is 2. The molecule has 0 aliphatic rings. The fourth-order valence-electron chi connectivity index (χ4n) is 1.60. The smallest absolute Gasteiger partial charge is 0.321 e. The molecule has 1 aromatic carbocycles. The third-order valence-electron chi connectivity index (χ3n) is 2.38. The number of methoxy groups -OCH3 is 1. The Bertz CT molecular complexity index is 439. The molecule has 0 radical (unpaired) electrons. The molecule has 5 heteroatoms. The minimum absolute atomic E-state index is 0.193. The van der Waals surface area contributed by atoms with Crippen molar-refractivity contribution in [1.82, 2.24) is 5.32 Å². The van der Waals surface area contributed by atoms with E-state index in [2.05, 4.69) is 26.0 Å². The minimum atomic E-state index is -0.530. The first-order valence-corrected chi connectivity index (χ1v) is 6.44. The molecule has 1 amide bonds. The first kappa shape index (κ1) is 14.7. The van der Waals surface area contributed by atoms with Crippen molar-refractivity contribution in [2.45, 2.75) is 18.7 Å². The number of hydrogen-bond acceptors (Lipinski definition) is 3. The second-order valence-corrected chi connectivity index (χ2v) is 5.18. The second-order valence-electron chi connectivity index (χ2n) is 4.08. The van der Waals surface area contributed by atoms with Crippen LogP contribution in [0, 0.1) is 13.8 Å². The summed E-state index contributed by atoms with van der Waals surface area (Å²) in [6.07, 6.45) is 0. The molecule has 1 N–H and O–H groups in total. The zero-order valence-electron chi connectivity index (χ0n) is 10.6. The van der Waals surface area contributed by atoms with Gasteiger partial charge in [-0.25, -0.2) is 0 Å². The van der Waals surface area contributed by atoms with Crippen LogP contribution in [0.4, 0.5) is 0 Å². The van der Waals surface area contributed by atoms with Gasteiger partial charge >= 0.3 is 5.97 Å². The van der Waals surface area contributed by atoms with Gasteiger partial charge in [0, 0.05) is 12.1 Å². The fraction of sp³-hybridized carbons (Fsp3) is 0.385. The molecule has 98 valence electrons. The van der Waals surface area contributed by atoms with Gasteiger partial charge in [0.15, 0.2) is 0 Å². The molecule has 0 saturated carbocycles.